The van der Waals surface area contributed by atoms with E-state index in [1.165, 1.54) is 0 Å². The summed E-state index contributed by atoms with van der Waals surface area (Å²) in [7, 11) is 2.09. The van der Waals surface area contributed by atoms with Crippen LogP contribution in [-0.2, 0) is 6.42 Å². The molecule has 0 radical (unpaired) electrons. The van der Waals surface area contributed by atoms with E-state index in [1.54, 1.807) is 11.3 Å². The Morgan fingerprint density at radius 3 is 2.65 bits per heavy atom. The molecular formula is C13H20N2OS. The van der Waals surface area contributed by atoms with Gasteiger partial charge in [-0.15, -0.1) is 0 Å². The van der Waals surface area contributed by atoms with Crippen molar-refractivity contribution in [2.75, 3.05) is 11.9 Å². The van der Waals surface area contributed by atoms with E-state index in [-0.39, 0.29) is 5.78 Å². The van der Waals surface area contributed by atoms with E-state index in [0.717, 1.165) is 41.4 Å². The van der Waals surface area contributed by atoms with Gasteiger partial charge >= 0.3 is 0 Å². The molecule has 17 heavy (non-hydrogen) atoms. The third-order valence-electron chi connectivity index (χ3n) is 3.55. The van der Waals surface area contributed by atoms with Crippen LogP contribution in [0.5, 0.6) is 0 Å². The fraction of sp³-hybridized carbons (Fsp3) is 0.692. The minimum absolute atomic E-state index is 0.285. The lowest BCUT2D eigenvalue weighted by Crippen LogP contribution is -2.30. The summed E-state index contributed by atoms with van der Waals surface area (Å²) in [4.78, 5) is 19.6. The lowest BCUT2D eigenvalue weighted by molar-refractivity contribution is 0.0976. The van der Waals surface area contributed by atoms with Crippen LogP contribution in [-0.4, -0.2) is 23.9 Å². The average Bonchev–Trinajstić information content (AvgIpc) is 2.76. The Balaban J connectivity index is 2.25. The van der Waals surface area contributed by atoms with Crippen molar-refractivity contribution in [1.82, 2.24) is 4.98 Å². The molecule has 0 atom stereocenters. The predicted molar refractivity (Wildman–Crippen MR) is 72.2 cm³/mol. The smallest absolute Gasteiger partial charge is 0.186 e. The van der Waals surface area contributed by atoms with Crippen molar-refractivity contribution in [3.05, 3.63) is 10.6 Å². The van der Waals surface area contributed by atoms with Crippen molar-refractivity contribution in [1.29, 1.82) is 0 Å². The maximum Gasteiger partial charge on any atom is 0.186 e. The molecule has 3 nitrogen and oxygen atoms in total. The number of thiazole rings is 1. The first-order chi connectivity index (χ1) is 8.17. The Bertz CT molecular complexity index is 410. The van der Waals surface area contributed by atoms with Crippen LogP contribution < -0.4 is 4.90 Å². The van der Waals surface area contributed by atoms with Gasteiger partial charge in [-0.25, -0.2) is 4.98 Å². The minimum Gasteiger partial charge on any atom is -0.348 e. The highest BCUT2D eigenvalue weighted by Crippen LogP contribution is 2.32. The summed E-state index contributed by atoms with van der Waals surface area (Å²) < 4.78 is 0. The van der Waals surface area contributed by atoms with Gasteiger partial charge in [0.05, 0.1) is 10.6 Å². The van der Waals surface area contributed by atoms with Crippen LogP contribution in [0.2, 0.25) is 0 Å². The Morgan fingerprint density at radius 1 is 1.35 bits per heavy atom. The number of anilines is 1. The molecule has 1 aromatic heterocycles. The van der Waals surface area contributed by atoms with Crippen molar-refractivity contribution in [2.24, 2.45) is 0 Å². The Kier molecular flexibility index (Phi) is 3.82. The summed E-state index contributed by atoms with van der Waals surface area (Å²) in [6.45, 7) is 4.40. The molecule has 1 aliphatic carbocycles. The molecule has 0 spiro atoms. The molecule has 1 aromatic rings. The second-order valence-corrected chi connectivity index (χ2v) is 5.61. The second-order valence-electron chi connectivity index (χ2n) is 4.63. The van der Waals surface area contributed by atoms with Crippen LogP contribution in [0.1, 0.15) is 54.9 Å². The number of Topliss-reactive ketones (excluding diaryl/α,β-unsaturated/α-hetero) is 1. The molecule has 2 rings (SSSR count). The summed E-state index contributed by atoms with van der Waals surface area (Å²) in [5.41, 5.74) is 1.03. The molecule has 94 valence electrons. The zero-order chi connectivity index (χ0) is 12.4. The molecule has 0 saturated heterocycles. The maximum atomic E-state index is 11.8. The fourth-order valence-corrected chi connectivity index (χ4v) is 3.51. The van der Waals surface area contributed by atoms with E-state index < -0.39 is 0 Å². The predicted octanol–water partition coefficient (Wildman–Crippen LogP) is 3.29. The van der Waals surface area contributed by atoms with Crippen LogP contribution in [0.4, 0.5) is 5.13 Å². The highest BCUT2D eigenvalue weighted by atomic mass is 32.1. The zero-order valence-corrected chi connectivity index (χ0v) is 11.6. The number of nitrogens with zero attached hydrogens (tertiary/aromatic N) is 2. The molecule has 0 aliphatic heterocycles. The third-order valence-corrected chi connectivity index (χ3v) is 4.78. The SMILES string of the molecule is CCC(CC)N(C)c1nc2c(s1)C(=O)CCC2. The molecule has 1 heterocycles. The van der Waals surface area contributed by atoms with E-state index in [1.807, 2.05) is 0 Å². The Labute approximate surface area is 107 Å². The van der Waals surface area contributed by atoms with Gasteiger partial charge in [0.1, 0.15) is 0 Å². The number of rotatable bonds is 4. The number of ketones is 1. The van der Waals surface area contributed by atoms with Crippen LogP contribution >= 0.6 is 11.3 Å². The molecule has 0 saturated carbocycles. The van der Waals surface area contributed by atoms with Crippen molar-refractivity contribution >= 4 is 22.3 Å². The summed E-state index contributed by atoms with van der Waals surface area (Å²) in [5, 5.41) is 1.01. The van der Waals surface area contributed by atoms with Crippen molar-refractivity contribution < 1.29 is 4.79 Å². The van der Waals surface area contributed by atoms with Gasteiger partial charge in [-0.05, 0) is 25.7 Å². The molecule has 0 bridgehead atoms. The first-order valence-electron chi connectivity index (χ1n) is 6.43. The first-order valence-corrected chi connectivity index (χ1v) is 7.24. The number of aryl methyl sites for hydroxylation is 1. The van der Waals surface area contributed by atoms with Gasteiger partial charge in [0.15, 0.2) is 10.9 Å². The normalized spacial score (nSPS) is 15.2. The molecule has 0 fully saturated rings. The van der Waals surface area contributed by atoms with Crippen LogP contribution in [0.25, 0.3) is 0 Å². The molecule has 0 N–H and O–H groups in total. The molecular weight excluding hydrogens is 232 g/mol. The molecule has 0 amide bonds. The third kappa shape index (κ3) is 2.37. The first kappa shape index (κ1) is 12.6. The van der Waals surface area contributed by atoms with E-state index in [0.29, 0.717) is 12.5 Å². The van der Waals surface area contributed by atoms with E-state index in [2.05, 4.69) is 30.8 Å². The average molecular weight is 252 g/mol. The highest BCUT2D eigenvalue weighted by molar-refractivity contribution is 7.17. The second kappa shape index (κ2) is 5.17. The number of fused-ring (bicyclic) bond motifs is 1. The number of aromatic nitrogens is 1. The number of carbonyl (C=O) groups is 1. The summed E-state index contributed by atoms with van der Waals surface area (Å²) in [6, 6.07) is 0.526. The quantitative estimate of drug-likeness (QED) is 0.824. The minimum atomic E-state index is 0.285. The standard InChI is InChI=1S/C13H20N2OS/c1-4-9(5-2)15(3)13-14-10-7-6-8-11(16)12(10)17-13/h9H,4-8H2,1-3H3. The number of hydrogen-bond donors (Lipinski definition) is 0. The van der Waals surface area contributed by atoms with Gasteiger partial charge < -0.3 is 4.90 Å². The van der Waals surface area contributed by atoms with E-state index >= 15 is 0 Å². The monoisotopic (exact) mass is 252 g/mol. The van der Waals surface area contributed by atoms with E-state index in [9.17, 15) is 4.79 Å². The largest absolute Gasteiger partial charge is 0.348 e. The van der Waals surface area contributed by atoms with E-state index in [4.69, 9.17) is 0 Å². The maximum absolute atomic E-state index is 11.8. The van der Waals surface area contributed by atoms with Crippen molar-refractivity contribution in [2.45, 2.75) is 52.0 Å². The Morgan fingerprint density at radius 2 is 2.06 bits per heavy atom. The fourth-order valence-electron chi connectivity index (χ4n) is 2.40. The van der Waals surface area contributed by atoms with Gasteiger partial charge in [0.2, 0.25) is 0 Å². The molecule has 1 aliphatic rings. The van der Waals surface area contributed by atoms with Gasteiger partial charge in [0, 0.05) is 19.5 Å². The van der Waals surface area contributed by atoms with Crippen LogP contribution in [0, 0.1) is 0 Å². The summed E-state index contributed by atoms with van der Waals surface area (Å²) in [5.74, 6) is 0.285. The summed E-state index contributed by atoms with van der Waals surface area (Å²) in [6.07, 6.45) is 4.86. The lowest BCUT2D eigenvalue weighted by atomic mass is 10.0. The van der Waals surface area contributed by atoms with Gasteiger partial charge in [-0.2, -0.15) is 0 Å². The van der Waals surface area contributed by atoms with Crippen LogP contribution in [0.15, 0.2) is 0 Å². The van der Waals surface area contributed by atoms with Gasteiger partial charge in [0.25, 0.3) is 0 Å². The summed E-state index contributed by atoms with van der Waals surface area (Å²) >= 11 is 1.58. The molecule has 4 heteroatoms. The van der Waals surface area contributed by atoms with Crippen molar-refractivity contribution in [3.63, 3.8) is 0 Å². The van der Waals surface area contributed by atoms with Crippen LogP contribution in [0.3, 0.4) is 0 Å². The molecule has 0 aromatic carbocycles. The Hall–Kier alpha value is -0.900. The van der Waals surface area contributed by atoms with Crippen molar-refractivity contribution in [3.8, 4) is 0 Å². The zero-order valence-electron chi connectivity index (χ0n) is 10.8. The molecule has 0 unspecified atom stereocenters. The highest BCUT2D eigenvalue weighted by Gasteiger charge is 2.24. The topological polar surface area (TPSA) is 33.2 Å². The van der Waals surface area contributed by atoms with Gasteiger partial charge in [-0.3, -0.25) is 4.79 Å². The van der Waals surface area contributed by atoms with Gasteiger partial charge in [-0.1, -0.05) is 25.2 Å². The number of carbonyl (C=O) groups excluding carboxylic acids is 1. The lowest BCUT2D eigenvalue weighted by Gasteiger charge is -2.25. The number of hydrogen-bond acceptors (Lipinski definition) is 4.